The monoisotopic (exact) mass is 226 g/mol. The van der Waals surface area contributed by atoms with Gasteiger partial charge in [-0.2, -0.15) is 0 Å². The number of hydrogen-bond acceptors (Lipinski definition) is 4. The van der Waals surface area contributed by atoms with E-state index in [0.717, 1.165) is 0 Å². The number of carboxylic acids is 1. The number of phenolic OH excluding ortho intramolecular Hbond substituents is 1. The molecule has 1 rings (SSSR count). The predicted molar refractivity (Wildman–Crippen MR) is 57.2 cm³/mol. The van der Waals surface area contributed by atoms with Gasteiger partial charge in [0.1, 0.15) is 0 Å². The van der Waals surface area contributed by atoms with Gasteiger partial charge < -0.3 is 19.7 Å². The van der Waals surface area contributed by atoms with E-state index < -0.39 is 5.97 Å². The number of carboxylic acid groups (broad SMARTS) is 1. The molecule has 0 aromatic heterocycles. The van der Waals surface area contributed by atoms with Gasteiger partial charge in [-0.3, -0.25) is 4.79 Å². The van der Waals surface area contributed by atoms with Gasteiger partial charge in [0, 0.05) is 6.42 Å². The van der Waals surface area contributed by atoms with Crippen LogP contribution in [0.4, 0.5) is 0 Å². The first-order valence-corrected chi connectivity index (χ1v) is 4.74. The van der Waals surface area contributed by atoms with Crippen LogP contribution in [-0.2, 0) is 11.2 Å². The van der Waals surface area contributed by atoms with Crippen LogP contribution in [0.25, 0.3) is 0 Å². The van der Waals surface area contributed by atoms with Gasteiger partial charge in [0.2, 0.25) is 5.75 Å². The van der Waals surface area contributed by atoms with Crippen molar-refractivity contribution in [2.24, 2.45) is 0 Å². The fraction of sp³-hybridized carbons (Fsp3) is 0.364. The molecule has 0 saturated heterocycles. The highest BCUT2D eigenvalue weighted by atomic mass is 16.5. The third kappa shape index (κ3) is 2.56. The second-order valence-electron chi connectivity index (χ2n) is 3.20. The Bertz CT molecular complexity index is 386. The summed E-state index contributed by atoms with van der Waals surface area (Å²) in [4.78, 5) is 10.5. The number of aliphatic carboxylic acids is 1. The lowest BCUT2D eigenvalue weighted by molar-refractivity contribution is -0.136. The quantitative estimate of drug-likeness (QED) is 0.794. The number of hydrogen-bond donors (Lipinski definition) is 2. The molecule has 1 aromatic rings. The highest BCUT2D eigenvalue weighted by Gasteiger charge is 2.14. The summed E-state index contributed by atoms with van der Waals surface area (Å²) < 4.78 is 10.1. The van der Waals surface area contributed by atoms with Crippen molar-refractivity contribution < 1.29 is 24.5 Å². The molecule has 5 heteroatoms. The number of ether oxygens (including phenoxy) is 2. The number of aryl methyl sites for hydroxylation is 1. The van der Waals surface area contributed by atoms with Crippen LogP contribution in [0.3, 0.4) is 0 Å². The highest BCUT2D eigenvalue weighted by Crippen LogP contribution is 2.39. The number of rotatable bonds is 5. The van der Waals surface area contributed by atoms with Crippen molar-refractivity contribution in [3.63, 3.8) is 0 Å². The molecule has 0 unspecified atom stereocenters. The first kappa shape index (κ1) is 12.2. The minimum atomic E-state index is -0.880. The standard InChI is InChI=1S/C11H14O5/c1-15-10-7(4-6-9(13)14)3-5-8(12)11(10)16-2/h3,5,12H,4,6H2,1-2H3,(H,13,14). The Balaban J connectivity index is 3.04. The Hall–Kier alpha value is -1.91. The summed E-state index contributed by atoms with van der Waals surface area (Å²) in [7, 11) is 2.86. The van der Waals surface area contributed by atoms with Gasteiger partial charge in [-0.05, 0) is 18.1 Å². The van der Waals surface area contributed by atoms with Crippen LogP contribution in [0.2, 0.25) is 0 Å². The smallest absolute Gasteiger partial charge is 0.303 e. The number of phenols is 1. The van der Waals surface area contributed by atoms with Crippen molar-refractivity contribution in [1.29, 1.82) is 0 Å². The zero-order valence-corrected chi connectivity index (χ0v) is 9.19. The minimum Gasteiger partial charge on any atom is -0.504 e. The molecule has 1 aromatic carbocycles. The highest BCUT2D eigenvalue weighted by molar-refractivity contribution is 5.67. The van der Waals surface area contributed by atoms with Crippen molar-refractivity contribution in [1.82, 2.24) is 0 Å². The zero-order valence-electron chi connectivity index (χ0n) is 9.19. The van der Waals surface area contributed by atoms with Crippen LogP contribution in [0.1, 0.15) is 12.0 Å². The lowest BCUT2D eigenvalue weighted by Gasteiger charge is -2.13. The molecule has 5 nitrogen and oxygen atoms in total. The Labute approximate surface area is 93.2 Å². The maximum atomic E-state index is 10.5. The van der Waals surface area contributed by atoms with E-state index in [-0.39, 0.29) is 17.9 Å². The summed E-state index contributed by atoms with van der Waals surface area (Å²) in [5, 5.41) is 18.1. The molecule has 0 aliphatic heterocycles. The van der Waals surface area contributed by atoms with E-state index in [1.807, 2.05) is 0 Å². The van der Waals surface area contributed by atoms with Gasteiger partial charge in [0.25, 0.3) is 0 Å². The molecule has 0 radical (unpaired) electrons. The molecule has 0 aliphatic rings. The van der Waals surface area contributed by atoms with Crippen molar-refractivity contribution in [2.45, 2.75) is 12.8 Å². The predicted octanol–water partition coefficient (Wildman–Crippen LogP) is 1.43. The molecule has 0 bridgehead atoms. The molecule has 88 valence electrons. The van der Waals surface area contributed by atoms with Crippen LogP contribution >= 0.6 is 0 Å². The molecule has 0 atom stereocenters. The summed E-state index contributed by atoms with van der Waals surface area (Å²) >= 11 is 0. The van der Waals surface area contributed by atoms with E-state index in [0.29, 0.717) is 17.7 Å². The lowest BCUT2D eigenvalue weighted by Crippen LogP contribution is -2.01. The lowest BCUT2D eigenvalue weighted by atomic mass is 10.1. The summed E-state index contributed by atoms with van der Waals surface area (Å²) in [6.07, 6.45) is 0.333. The normalized spacial score (nSPS) is 9.88. The average molecular weight is 226 g/mol. The maximum Gasteiger partial charge on any atom is 0.303 e. The number of carbonyl (C=O) groups is 1. The SMILES string of the molecule is COc1c(O)ccc(CCC(=O)O)c1OC. The molecular formula is C11H14O5. The summed E-state index contributed by atoms with van der Waals surface area (Å²) in [5.74, 6) is -0.304. The molecule has 0 saturated carbocycles. The van der Waals surface area contributed by atoms with Crippen LogP contribution in [0.15, 0.2) is 12.1 Å². The van der Waals surface area contributed by atoms with Gasteiger partial charge in [0.15, 0.2) is 11.5 Å². The van der Waals surface area contributed by atoms with E-state index in [9.17, 15) is 9.90 Å². The van der Waals surface area contributed by atoms with Gasteiger partial charge >= 0.3 is 5.97 Å². The molecule has 0 spiro atoms. The Morgan fingerprint density at radius 3 is 2.38 bits per heavy atom. The van der Waals surface area contributed by atoms with E-state index in [1.54, 1.807) is 6.07 Å². The molecule has 16 heavy (non-hydrogen) atoms. The molecular weight excluding hydrogens is 212 g/mol. The molecule has 0 amide bonds. The van der Waals surface area contributed by atoms with E-state index >= 15 is 0 Å². The topological polar surface area (TPSA) is 76.0 Å². The summed E-state index contributed by atoms with van der Waals surface area (Å²) in [6.45, 7) is 0. The van der Waals surface area contributed by atoms with Crippen LogP contribution < -0.4 is 9.47 Å². The number of benzene rings is 1. The fourth-order valence-electron chi connectivity index (χ4n) is 1.45. The van der Waals surface area contributed by atoms with Gasteiger partial charge in [-0.25, -0.2) is 0 Å². The van der Waals surface area contributed by atoms with Crippen molar-refractivity contribution in [2.75, 3.05) is 14.2 Å². The number of aromatic hydroxyl groups is 1. The van der Waals surface area contributed by atoms with Crippen molar-refractivity contribution in [3.8, 4) is 17.2 Å². The molecule has 0 fully saturated rings. The molecule has 0 heterocycles. The minimum absolute atomic E-state index is 0.00426. The fourth-order valence-corrected chi connectivity index (χ4v) is 1.45. The van der Waals surface area contributed by atoms with Crippen molar-refractivity contribution >= 4 is 5.97 Å². The Morgan fingerprint density at radius 2 is 1.88 bits per heavy atom. The molecule has 0 aliphatic carbocycles. The largest absolute Gasteiger partial charge is 0.504 e. The third-order valence-electron chi connectivity index (χ3n) is 2.19. The van der Waals surface area contributed by atoms with Gasteiger partial charge in [0.05, 0.1) is 14.2 Å². The summed E-state index contributed by atoms with van der Waals surface area (Å²) in [5.41, 5.74) is 0.694. The van der Waals surface area contributed by atoms with Gasteiger partial charge in [-0.1, -0.05) is 6.07 Å². The Kier molecular flexibility index (Phi) is 3.99. The van der Waals surface area contributed by atoms with E-state index in [1.165, 1.54) is 20.3 Å². The number of methoxy groups -OCH3 is 2. The maximum absolute atomic E-state index is 10.5. The van der Waals surface area contributed by atoms with Crippen molar-refractivity contribution in [3.05, 3.63) is 17.7 Å². The van der Waals surface area contributed by atoms with Crippen LogP contribution in [-0.4, -0.2) is 30.4 Å². The van der Waals surface area contributed by atoms with E-state index in [4.69, 9.17) is 14.6 Å². The summed E-state index contributed by atoms with van der Waals surface area (Å²) in [6, 6.07) is 3.08. The molecule has 2 N–H and O–H groups in total. The first-order valence-electron chi connectivity index (χ1n) is 4.74. The zero-order chi connectivity index (χ0) is 12.1. The Morgan fingerprint density at radius 1 is 1.25 bits per heavy atom. The third-order valence-corrected chi connectivity index (χ3v) is 2.19. The van der Waals surface area contributed by atoms with Crippen LogP contribution in [0.5, 0.6) is 17.2 Å². The first-order chi connectivity index (χ1) is 7.60. The van der Waals surface area contributed by atoms with Gasteiger partial charge in [-0.15, -0.1) is 0 Å². The van der Waals surface area contributed by atoms with Crippen LogP contribution in [0, 0.1) is 0 Å². The second kappa shape index (κ2) is 5.25. The average Bonchev–Trinajstić information content (AvgIpc) is 2.26. The second-order valence-corrected chi connectivity index (χ2v) is 3.20. The van der Waals surface area contributed by atoms with E-state index in [2.05, 4.69) is 0 Å².